The van der Waals surface area contributed by atoms with Crippen LogP contribution < -0.4 is 5.32 Å². The fourth-order valence-electron chi connectivity index (χ4n) is 1.76. The van der Waals surface area contributed by atoms with Crippen LogP contribution >= 0.6 is 0 Å². The van der Waals surface area contributed by atoms with E-state index in [9.17, 15) is 9.50 Å². The summed E-state index contributed by atoms with van der Waals surface area (Å²) in [4.78, 5) is 0. The molecule has 96 valence electrons. The molecular weight excluding hydrogens is 233 g/mol. The first kappa shape index (κ1) is 12.8. The predicted molar refractivity (Wildman–Crippen MR) is 66.5 cm³/mol. The summed E-state index contributed by atoms with van der Waals surface area (Å²) in [5, 5.41) is 13.1. The number of aliphatic hydroxyl groups excluding tert-OH is 1. The Kier molecular flexibility index (Phi) is 4.12. The van der Waals surface area contributed by atoms with Crippen LogP contribution in [-0.2, 0) is 0 Å². The van der Waals surface area contributed by atoms with E-state index in [-0.39, 0.29) is 11.9 Å². The number of halogens is 1. The molecule has 0 saturated heterocycles. The lowest BCUT2D eigenvalue weighted by Gasteiger charge is -2.16. The monoisotopic (exact) mass is 249 g/mol. The van der Waals surface area contributed by atoms with E-state index in [0.717, 1.165) is 5.76 Å². The van der Waals surface area contributed by atoms with Gasteiger partial charge >= 0.3 is 0 Å². The molecule has 0 spiro atoms. The first-order valence-corrected chi connectivity index (χ1v) is 5.87. The number of furan rings is 1. The number of aliphatic hydroxyl groups is 1. The van der Waals surface area contributed by atoms with Gasteiger partial charge in [0.15, 0.2) is 0 Å². The van der Waals surface area contributed by atoms with E-state index in [1.54, 1.807) is 18.4 Å². The van der Waals surface area contributed by atoms with Gasteiger partial charge in [-0.1, -0.05) is 12.1 Å². The van der Waals surface area contributed by atoms with Crippen molar-refractivity contribution in [3.63, 3.8) is 0 Å². The fourth-order valence-corrected chi connectivity index (χ4v) is 1.76. The third-order valence-electron chi connectivity index (χ3n) is 2.82. The minimum atomic E-state index is -0.738. The highest BCUT2D eigenvalue weighted by Crippen LogP contribution is 2.16. The van der Waals surface area contributed by atoms with E-state index in [0.29, 0.717) is 12.1 Å². The normalized spacial score (nSPS) is 14.4. The molecule has 1 aromatic carbocycles. The Balaban J connectivity index is 1.90. The van der Waals surface area contributed by atoms with Crippen molar-refractivity contribution in [1.82, 2.24) is 5.32 Å². The smallest absolute Gasteiger partial charge is 0.123 e. The topological polar surface area (TPSA) is 45.4 Å². The summed E-state index contributed by atoms with van der Waals surface area (Å²) >= 11 is 0. The minimum absolute atomic E-state index is 0.00297. The Morgan fingerprint density at radius 1 is 1.33 bits per heavy atom. The predicted octanol–water partition coefficient (Wildman–Crippen LogP) is 2.80. The standard InChI is InChI=1S/C14H16FNO2/c1-10(14-6-3-7-18-14)16-9-13(17)11-4-2-5-12(15)8-11/h2-8,10,13,16-17H,9H2,1H3. The van der Waals surface area contributed by atoms with Gasteiger partial charge in [0, 0.05) is 6.54 Å². The summed E-state index contributed by atoms with van der Waals surface area (Å²) in [5.74, 6) is 0.465. The average molecular weight is 249 g/mol. The van der Waals surface area contributed by atoms with Gasteiger partial charge in [0.2, 0.25) is 0 Å². The lowest BCUT2D eigenvalue weighted by atomic mass is 10.1. The highest BCUT2D eigenvalue weighted by Gasteiger charge is 2.12. The molecule has 0 amide bonds. The van der Waals surface area contributed by atoms with Gasteiger partial charge in [-0.15, -0.1) is 0 Å². The average Bonchev–Trinajstić information content (AvgIpc) is 2.89. The summed E-state index contributed by atoms with van der Waals surface area (Å²) in [6.45, 7) is 2.28. The van der Waals surface area contributed by atoms with Crippen molar-refractivity contribution in [2.45, 2.75) is 19.1 Å². The zero-order valence-corrected chi connectivity index (χ0v) is 10.1. The molecule has 2 aromatic rings. The van der Waals surface area contributed by atoms with Crippen molar-refractivity contribution in [3.05, 3.63) is 59.8 Å². The largest absolute Gasteiger partial charge is 0.468 e. The second kappa shape index (κ2) is 5.80. The number of nitrogens with one attached hydrogen (secondary N) is 1. The van der Waals surface area contributed by atoms with Crippen LogP contribution in [0.5, 0.6) is 0 Å². The fraction of sp³-hybridized carbons (Fsp3) is 0.286. The quantitative estimate of drug-likeness (QED) is 0.856. The molecule has 18 heavy (non-hydrogen) atoms. The van der Waals surface area contributed by atoms with Crippen LogP contribution in [0.4, 0.5) is 4.39 Å². The maximum Gasteiger partial charge on any atom is 0.123 e. The van der Waals surface area contributed by atoms with Gasteiger partial charge in [-0.2, -0.15) is 0 Å². The van der Waals surface area contributed by atoms with Crippen molar-refractivity contribution in [2.75, 3.05) is 6.54 Å². The van der Waals surface area contributed by atoms with Crippen molar-refractivity contribution in [1.29, 1.82) is 0 Å². The highest BCUT2D eigenvalue weighted by atomic mass is 19.1. The Morgan fingerprint density at radius 2 is 2.17 bits per heavy atom. The van der Waals surface area contributed by atoms with Gasteiger partial charge in [-0.05, 0) is 36.8 Å². The van der Waals surface area contributed by atoms with Crippen LogP contribution in [0.25, 0.3) is 0 Å². The van der Waals surface area contributed by atoms with Crippen LogP contribution in [0.1, 0.15) is 30.4 Å². The summed E-state index contributed by atoms with van der Waals surface area (Å²) < 4.78 is 18.3. The molecule has 4 heteroatoms. The molecule has 2 atom stereocenters. The molecule has 0 fully saturated rings. The lowest BCUT2D eigenvalue weighted by Crippen LogP contribution is -2.24. The lowest BCUT2D eigenvalue weighted by molar-refractivity contribution is 0.168. The summed E-state index contributed by atoms with van der Waals surface area (Å²) in [6.07, 6.45) is 0.870. The van der Waals surface area contributed by atoms with E-state index in [1.165, 1.54) is 12.1 Å². The summed E-state index contributed by atoms with van der Waals surface area (Å²) in [5.41, 5.74) is 0.564. The summed E-state index contributed by atoms with van der Waals surface area (Å²) in [6, 6.07) is 9.67. The van der Waals surface area contributed by atoms with E-state index < -0.39 is 6.10 Å². The van der Waals surface area contributed by atoms with Crippen LogP contribution in [0, 0.1) is 5.82 Å². The molecular formula is C14H16FNO2. The summed E-state index contributed by atoms with van der Waals surface area (Å²) in [7, 11) is 0. The van der Waals surface area contributed by atoms with Gasteiger partial charge in [0.1, 0.15) is 11.6 Å². The van der Waals surface area contributed by atoms with Gasteiger partial charge in [0.25, 0.3) is 0 Å². The Morgan fingerprint density at radius 3 is 2.83 bits per heavy atom. The second-order valence-corrected chi connectivity index (χ2v) is 4.22. The van der Waals surface area contributed by atoms with Crippen molar-refractivity contribution < 1.29 is 13.9 Å². The van der Waals surface area contributed by atoms with Gasteiger partial charge in [-0.25, -0.2) is 4.39 Å². The second-order valence-electron chi connectivity index (χ2n) is 4.22. The van der Waals surface area contributed by atoms with Gasteiger partial charge < -0.3 is 14.8 Å². The zero-order chi connectivity index (χ0) is 13.0. The van der Waals surface area contributed by atoms with Crippen molar-refractivity contribution >= 4 is 0 Å². The van der Waals surface area contributed by atoms with Crippen molar-refractivity contribution in [3.8, 4) is 0 Å². The molecule has 0 aliphatic heterocycles. The first-order valence-electron chi connectivity index (χ1n) is 5.87. The molecule has 0 radical (unpaired) electrons. The molecule has 0 aliphatic rings. The maximum atomic E-state index is 13.0. The minimum Gasteiger partial charge on any atom is -0.468 e. The van der Waals surface area contributed by atoms with E-state index in [2.05, 4.69) is 5.32 Å². The van der Waals surface area contributed by atoms with Crippen LogP contribution in [-0.4, -0.2) is 11.7 Å². The number of rotatable bonds is 5. The SMILES string of the molecule is CC(NCC(O)c1cccc(F)c1)c1ccco1. The Labute approximate surface area is 105 Å². The van der Waals surface area contributed by atoms with E-state index >= 15 is 0 Å². The molecule has 0 aliphatic carbocycles. The Bertz CT molecular complexity index is 484. The zero-order valence-electron chi connectivity index (χ0n) is 10.1. The maximum absolute atomic E-state index is 13.0. The molecule has 2 rings (SSSR count). The molecule has 2 N–H and O–H groups in total. The molecule has 3 nitrogen and oxygen atoms in total. The van der Waals surface area contributed by atoms with Crippen molar-refractivity contribution in [2.24, 2.45) is 0 Å². The molecule has 0 bridgehead atoms. The van der Waals surface area contributed by atoms with E-state index in [1.807, 2.05) is 19.1 Å². The van der Waals surface area contributed by atoms with Gasteiger partial charge in [-0.3, -0.25) is 0 Å². The third kappa shape index (κ3) is 3.18. The molecule has 2 unspecified atom stereocenters. The first-order chi connectivity index (χ1) is 8.66. The highest BCUT2D eigenvalue weighted by molar-refractivity contribution is 5.19. The number of benzene rings is 1. The number of hydrogen-bond acceptors (Lipinski definition) is 3. The third-order valence-corrected chi connectivity index (χ3v) is 2.82. The Hall–Kier alpha value is -1.65. The molecule has 1 aromatic heterocycles. The van der Waals surface area contributed by atoms with Crippen LogP contribution in [0.2, 0.25) is 0 Å². The van der Waals surface area contributed by atoms with E-state index in [4.69, 9.17) is 4.42 Å². The van der Waals surface area contributed by atoms with Crippen LogP contribution in [0.3, 0.4) is 0 Å². The number of hydrogen-bond donors (Lipinski definition) is 2. The van der Waals surface area contributed by atoms with Gasteiger partial charge in [0.05, 0.1) is 18.4 Å². The molecule has 1 heterocycles. The molecule has 0 saturated carbocycles. The van der Waals surface area contributed by atoms with Crippen LogP contribution in [0.15, 0.2) is 47.1 Å².